The molecule has 0 saturated heterocycles. The molecule has 0 bridgehead atoms. The second-order valence-corrected chi connectivity index (χ2v) is 5.57. The summed E-state index contributed by atoms with van der Waals surface area (Å²) in [6, 6.07) is 17.1. The van der Waals surface area contributed by atoms with E-state index in [0.717, 1.165) is 11.1 Å². The molecule has 1 amide bonds. The first-order chi connectivity index (χ1) is 12.2. The Labute approximate surface area is 145 Å². The number of benzene rings is 2. The van der Waals surface area contributed by atoms with Crippen LogP contribution in [0.15, 0.2) is 59.0 Å². The molecule has 0 unspecified atom stereocenters. The molecule has 3 aromatic rings. The van der Waals surface area contributed by atoms with Crippen molar-refractivity contribution in [2.45, 2.75) is 13.3 Å². The van der Waals surface area contributed by atoms with Crippen LogP contribution in [0.5, 0.6) is 5.75 Å². The number of nitrogens with zero attached hydrogens (tertiary/aromatic N) is 2. The van der Waals surface area contributed by atoms with Crippen LogP contribution >= 0.6 is 0 Å². The van der Waals surface area contributed by atoms with Gasteiger partial charge < -0.3 is 14.5 Å². The second kappa shape index (κ2) is 8.10. The Bertz CT molecular complexity index is 831. The molecule has 6 heteroatoms. The quantitative estimate of drug-likeness (QED) is 0.717. The van der Waals surface area contributed by atoms with Crippen molar-refractivity contribution in [3.05, 3.63) is 66.1 Å². The van der Waals surface area contributed by atoms with Crippen LogP contribution in [0, 0.1) is 6.92 Å². The van der Waals surface area contributed by atoms with Gasteiger partial charge in [-0.05, 0) is 31.2 Å². The molecule has 3 rings (SSSR count). The van der Waals surface area contributed by atoms with E-state index in [4.69, 9.17) is 9.15 Å². The minimum atomic E-state index is -0.192. The van der Waals surface area contributed by atoms with E-state index in [-0.39, 0.29) is 12.5 Å². The number of hydrogen-bond acceptors (Lipinski definition) is 5. The predicted octanol–water partition coefficient (Wildman–Crippen LogP) is 2.78. The number of carbonyl (C=O) groups is 1. The molecule has 1 aromatic heterocycles. The molecule has 0 fully saturated rings. The van der Waals surface area contributed by atoms with Crippen molar-refractivity contribution in [3.63, 3.8) is 0 Å². The van der Waals surface area contributed by atoms with Crippen molar-refractivity contribution in [2.75, 3.05) is 13.2 Å². The molecule has 0 spiro atoms. The third-order valence-corrected chi connectivity index (χ3v) is 3.51. The molecule has 0 saturated carbocycles. The summed E-state index contributed by atoms with van der Waals surface area (Å²) in [5.74, 6) is 1.44. The lowest BCUT2D eigenvalue weighted by Crippen LogP contribution is -2.30. The van der Waals surface area contributed by atoms with Gasteiger partial charge in [-0.3, -0.25) is 4.79 Å². The molecular weight excluding hydrogens is 318 g/mol. The number of rotatable bonds is 7. The summed E-state index contributed by atoms with van der Waals surface area (Å²) >= 11 is 0. The number of aryl methyl sites for hydroxylation is 1. The molecular formula is C19H19N3O3. The Kier molecular flexibility index (Phi) is 5.41. The number of nitrogens with one attached hydrogen (secondary N) is 1. The zero-order valence-corrected chi connectivity index (χ0v) is 13.9. The van der Waals surface area contributed by atoms with E-state index in [2.05, 4.69) is 15.5 Å². The van der Waals surface area contributed by atoms with Gasteiger partial charge in [0, 0.05) is 18.5 Å². The lowest BCUT2D eigenvalue weighted by atomic mass is 10.1. The van der Waals surface area contributed by atoms with E-state index in [0.29, 0.717) is 30.5 Å². The van der Waals surface area contributed by atoms with Crippen LogP contribution in [0.25, 0.3) is 11.5 Å². The molecule has 6 nitrogen and oxygen atoms in total. The summed E-state index contributed by atoms with van der Waals surface area (Å²) in [5.41, 5.74) is 2.02. The maximum Gasteiger partial charge on any atom is 0.257 e. The smallest absolute Gasteiger partial charge is 0.257 e. The minimum absolute atomic E-state index is 0.0254. The molecule has 0 atom stereocenters. The zero-order valence-electron chi connectivity index (χ0n) is 13.9. The first-order valence-corrected chi connectivity index (χ1v) is 8.05. The summed E-state index contributed by atoms with van der Waals surface area (Å²) < 4.78 is 11.0. The number of amides is 1. The van der Waals surface area contributed by atoms with Gasteiger partial charge in [-0.1, -0.05) is 35.9 Å². The van der Waals surface area contributed by atoms with Crippen molar-refractivity contribution in [1.29, 1.82) is 0 Å². The summed E-state index contributed by atoms with van der Waals surface area (Å²) in [6.45, 7) is 2.39. The summed E-state index contributed by atoms with van der Waals surface area (Å²) in [5, 5.41) is 10.8. The first-order valence-electron chi connectivity index (χ1n) is 8.05. The lowest BCUT2D eigenvalue weighted by molar-refractivity contribution is -0.123. The molecule has 1 heterocycles. The second-order valence-electron chi connectivity index (χ2n) is 5.57. The fraction of sp³-hybridized carbons (Fsp3) is 0.211. The number of ether oxygens (including phenoxy) is 1. The summed E-state index contributed by atoms with van der Waals surface area (Å²) in [6.07, 6.45) is 0.468. The Hall–Kier alpha value is -3.15. The Morgan fingerprint density at radius 1 is 1.12 bits per heavy atom. The Morgan fingerprint density at radius 3 is 2.76 bits per heavy atom. The molecule has 25 heavy (non-hydrogen) atoms. The van der Waals surface area contributed by atoms with Gasteiger partial charge in [-0.25, -0.2) is 0 Å². The summed E-state index contributed by atoms with van der Waals surface area (Å²) in [4.78, 5) is 11.8. The highest BCUT2D eigenvalue weighted by molar-refractivity contribution is 5.77. The van der Waals surface area contributed by atoms with Crippen LogP contribution in [0.3, 0.4) is 0 Å². The van der Waals surface area contributed by atoms with Gasteiger partial charge in [0.05, 0.1) is 0 Å². The van der Waals surface area contributed by atoms with Gasteiger partial charge in [0.1, 0.15) is 5.75 Å². The maximum atomic E-state index is 11.8. The number of hydrogen-bond donors (Lipinski definition) is 1. The van der Waals surface area contributed by atoms with Crippen molar-refractivity contribution in [2.24, 2.45) is 0 Å². The monoisotopic (exact) mass is 337 g/mol. The third kappa shape index (κ3) is 4.91. The number of carbonyl (C=O) groups excluding carboxylic acids is 1. The fourth-order valence-electron chi connectivity index (χ4n) is 2.27. The number of aromatic nitrogens is 2. The average molecular weight is 337 g/mol. The van der Waals surface area contributed by atoms with Gasteiger partial charge in [0.15, 0.2) is 6.61 Å². The van der Waals surface area contributed by atoms with Gasteiger partial charge in [0.2, 0.25) is 11.8 Å². The van der Waals surface area contributed by atoms with Crippen molar-refractivity contribution < 1.29 is 13.9 Å². The fourth-order valence-corrected chi connectivity index (χ4v) is 2.27. The highest BCUT2D eigenvalue weighted by Crippen LogP contribution is 2.18. The number of para-hydroxylation sites is 1. The van der Waals surface area contributed by atoms with Crippen LogP contribution in [0.4, 0.5) is 0 Å². The molecule has 0 aliphatic heterocycles. The average Bonchev–Trinajstić information content (AvgIpc) is 3.10. The van der Waals surface area contributed by atoms with E-state index >= 15 is 0 Å². The molecule has 0 radical (unpaired) electrons. The molecule has 0 aliphatic rings. The first kappa shape index (κ1) is 16.7. The van der Waals surface area contributed by atoms with Crippen molar-refractivity contribution >= 4 is 5.91 Å². The lowest BCUT2D eigenvalue weighted by Gasteiger charge is -2.06. The third-order valence-electron chi connectivity index (χ3n) is 3.51. The largest absolute Gasteiger partial charge is 0.484 e. The van der Waals surface area contributed by atoms with Crippen molar-refractivity contribution in [3.8, 4) is 17.2 Å². The Balaban J connectivity index is 1.44. The van der Waals surface area contributed by atoms with Crippen LogP contribution in [-0.4, -0.2) is 29.3 Å². The van der Waals surface area contributed by atoms with E-state index < -0.39 is 0 Å². The standard InChI is InChI=1S/C19H19N3O3/c1-14-6-5-7-15(12-14)19-22-21-18(25-19)10-11-20-17(23)13-24-16-8-3-2-4-9-16/h2-9,12H,10-11,13H2,1H3,(H,20,23). The zero-order chi connectivity index (χ0) is 17.5. The SMILES string of the molecule is Cc1cccc(-c2nnc(CCNC(=O)COc3ccccc3)o2)c1. The maximum absolute atomic E-state index is 11.8. The van der Waals surface area contributed by atoms with Crippen LogP contribution in [0.1, 0.15) is 11.5 Å². The molecule has 2 aromatic carbocycles. The van der Waals surface area contributed by atoms with E-state index in [1.54, 1.807) is 12.1 Å². The summed E-state index contributed by atoms with van der Waals surface area (Å²) in [7, 11) is 0. The van der Waals surface area contributed by atoms with E-state index in [1.807, 2.05) is 49.4 Å². The molecule has 1 N–H and O–H groups in total. The molecule has 128 valence electrons. The topological polar surface area (TPSA) is 77.2 Å². The van der Waals surface area contributed by atoms with Gasteiger partial charge in [-0.15, -0.1) is 10.2 Å². The van der Waals surface area contributed by atoms with Crippen molar-refractivity contribution in [1.82, 2.24) is 15.5 Å². The van der Waals surface area contributed by atoms with E-state index in [9.17, 15) is 4.79 Å². The normalized spacial score (nSPS) is 10.4. The highest BCUT2D eigenvalue weighted by atomic mass is 16.5. The molecule has 0 aliphatic carbocycles. The van der Waals surface area contributed by atoms with Crippen LogP contribution < -0.4 is 10.1 Å². The van der Waals surface area contributed by atoms with Gasteiger partial charge in [-0.2, -0.15) is 0 Å². The van der Waals surface area contributed by atoms with Crippen LogP contribution in [-0.2, 0) is 11.2 Å². The van der Waals surface area contributed by atoms with Gasteiger partial charge in [0.25, 0.3) is 5.91 Å². The Morgan fingerprint density at radius 2 is 1.96 bits per heavy atom. The van der Waals surface area contributed by atoms with E-state index in [1.165, 1.54) is 0 Å². The predicted molar refractivity (Wildman–Crippen MR) is 93.1 cm³/mol. The highest BCUT2D eigenvalue weighted by Gasteiger charge is 2.09. The van der Waals surface area contributed by atoms with Crippen LogP contribution in [0.2, 0.25) is 0 Å². The minimum Gasteiger partial charge on any atom is -0.484 e. The van der Waals surface area contributed by atoms with Gasteiger partial charge >= 0.3 is 0 Å².